The second-order valence-electron chi connectivity index (χ2n) is 12.6. The molecule has 3 atom stereocenters. The van der Waals surface area contributed by atoms with Gasteiger partial charge < -0.3 is 25.2 Å². The molecular formula is C39H70NO9P. The summed E-state index contributed by atoms with van der Waals surface area (Å²) >= 11 is 0. The minimum Gasteiger partial charge on any atom is -0.462 e. The van der Waals surface area contributed by atoms with Crippen LogP contribution in [0.3, 0.4) is 0 Å². The zero-order chi connectivity index (χ0) is 37.0. The van der Waals surface area contributed by atoms with E-state index < -0.39 is 38.6 Å². The Morgan fingerprint density at radius 3 is 2.00 bits per heavy atom. The van der Waals surface area contributed by atoms with Crippen molar-refractivity contribution in [2.45, 2.75) is 161 Å². The molecule has 0 saturated carbocycles. The van der Waals surface area contributed by atoms with Crippen molar-refractivity contribution in [2.24, 2.45) is 5.73 Å². The monoisotopic (exact) mass is 727 g/mol. The number of aliphatic hydroxyl groups excluding tert-OH is 1. The number of unbranched alkanes of at least 4 members (excludes halogenated alkanes) is 13. The van der Waals surface area contributed by atoms with Crippen LogP contribution >= 0.6 is 7.82 Å². The molecule has 11 heteroatoms. The first-order chi connectivity index (χ1) is 24.2. The summed E-state index contributed by atoms with van der Waals surface area (Å²) in [6.07, 6.45) is 34.5. The molecule has 0 aliphatic heterocycles. The van der Waals surface area contributed by atoms with Gasteiger partial charge >= 0.3 is 19.8 Å². The van der Waals surface area contributed by atoms with Crippen LogP contribution in [0.25, 0.3) is 0 Å². The van der Waals surface area contributed by atoms with Gasteiger partial charge in [0.05, 0.1) is 19.3 Å². The van der Waals surface area contributed by atoms with Gasteiger partial charge in [0.2, 0.25) is 0 Å². The average molecular weight is 728 g/mol. The van der Waals surface area contributed by atoms with E-state index >= 15 is 0 Å². The number of carbonyl (C=O) groups excluding carboxylic acids is 2. The first-order valence-corrected chi connectivity index (χ1v) is 20.7. The number of phosphoric acid groups is 1. The highest BCUT2D eigenvalue weighted by Gasteiger charge is 2.26. The van der Waals surface area contributed by atoms with E-state index in [4.69, 9.17) is 24.3 Å². The van der Waals surface area contributed by atoms with Gasteiger partial charge in [-0.15, -0.1) is 0 Å². The first-order valence-electron chi connectivity index (χ1n) is 19.2. The van der Waals surface area contributed by atoms with Gasteiger partial charge in [-0.2, -0.15) is 0 Å². The number of hydrogen-bond acceptors (Lipinski definition) is 9. The van der Waals surface area contributed by atoms with Crippen LogP contribution in [-0.4, -0.2) is 60.5 Å². The van der Waals surface area contributed by atoms with Crippen molar-refractivity contribution < 1.29 is 42.7 Å². The number of rotatable bonds is 35. The van der Waals surface area contributed by atoms with Crippen molar-refractivity contribution in [3.05, 3.63) is 48.6 Å². The molecule has 50 heavy (non-hydrogen) atoms. The van der Waals surface area contributed by atoms with Crippen LogP contribution in [-0.2, 0) is 32.7 Å². The SMILES string of the molecule is CC/C=C/C/C=C/C=C/C(O)CCCCCCCC(=O)O[C@H](COC(=O)CCCCCCC/C=C\CCCCCC)COP(=O)(O)OCCN. The zero-order valence-corrected chi connectivity index (χ0v) is 32.1. The van der Waals surface area contributed by atoms with E-state index in [9.17, 15) is 24.2 Å². The smallest absolute Gasteiger partial charge is 0.462 e. The van der Waals surface area contributed by atoms with Crippen molar-refractivity contribution in [3.63, 3.8) is 0 Å². The van der Waals surface area contributed by atoms with Crippen LogP contribution in [0.5, 0.6) is 0 Å². The van der Waals surface area contributed by atoms with E-state index in [0.717, 1.165) is 77.0 Å². The summed E-state index contributed by atoms with van der Waals surface area (Å²) in [4.78, 5) is 34.7. The van der Waals surface area contributed by atoms with Gasteiger partial charge in [0.25, 0.3) is 0 Å². The lowest BCUT2D eigenvalue weighted by molar-refractivity contribution is -0.161. The third-order valence-electron chi connectivity index (χ3n) is 7.80. The highest BCUT2D eigenvalue weighted by Crippen LogP contribution is 2.43. The lowest BCUT2D eigenvalue weighted by atomic mass is 10.1. The van der Waals surface area contributed by atoms with Crippen LogP contribution in [0.2, 0.25) is 0 Å². The van der Waals surface area contributed by atoms with Crippen molar-refractivity contribution in [1.29, 1.82) is 0 Å². The molecule has 0 radical (unpaired) electrons. The van der Waals surface area contributed by atoms with Crippen LogP contribution in [0, 0.1) is 0 Å². The maximum atomic E-state index is 12.5. The molecule has 0 aromatic rings. The number of ether oxygens (including phenoxy) is 2. The fourth-order valence-electron chi connectivity index (χ4n) is 4.93. The van der Waals surface area contributed by atoms with Gasteiger partial charge in [-0.25, -0.2) is 4.57 Å². The molecule has 0 aromatic heterocycles. The summed E-state index contributed by atoms with van der Waals surface area (Å²) in [6, 6.07) is 0. The van der Waals surface area contributed by atoms with Crippen LogP contribution in [0.1, 0.15) is 149 Å². The minimum absolute atomic E-state index is 0.0346. The largest absolute Gasteiger partial charge is 0.472 e. The standard InChI is InChI=1S/C39H70NO9P/c1-3-5-7-9-11-12-13-14-15-16-18-22-26-30-38(42)46-34-37(35-48-50(44,45)47-33-32-40)49-39(43)31-27-23-19-21-25-29-36(41)28-24-20-17-10-8-6-4-2/h6,8,12-13,17,20,24,28,36-37,41H,3-5,7,9-11,14-16,18-19,21-23,25-27,29-35,40H2,1-2H3,(H,44,45)/b8-6+,13-12-,20-17+,28-24+/t36?,37-/m1/s1. The number of aliphatic hydroxyl groups is 1. The summed E-state index contributed by atoms with van der Waals surface area (Å²) in [5, 5.41) is 10.1. The molecule has 0 amide bonds. The first kappa shape index (κ1) is 47.9. The van der Waals surface area contributed by atoms with E-state index in [-0.39, 0.29) is 32.6 Å². The molecule has 0 spiro atoms. The highest BCUT2D eigenvalue weighted by atomic mass is 31.2. The third-order valence-corrected chi connectivity index (χ3v) is 8.79. The molecule has 2 unspecified atom stereocenters. The molecule has 0 heterocycles. The summed E-state index contributed by atoms with van der Waals surface area (Å²) in [7, 11) is -4.40. The van der Waals surface area contributed by atoms with Crippen molar-refractivity contribution in [2.75, 3.05) is 26.4 Å². The topological polar surface area (TPSA) is 155 Å². The number of nitrogens with two attached hydrogens (primary N) is 1. The second kappa shape index (κ2) is 35.3. The molecule has 0 rings (SSSR count). The van der Waals surface area contributed by atoms with Crippen molar-refractivity contribution >= 4 is 19.8 Å². The van der Waals surface area contributed by atoms with Crippen LogP contribution in [0.4, 0.5) is 0 Å². The summed E-state index contributed by atoms with van der Waals surface area (Å²) < 4.78 is 32.6. The van der Waals surface area contributed by atoms with Crippen LogP contribution in [0.15, 0.2) is 48.6 Å². The highest BCUT2D eigenvalue weighted by molar-refractivity contribution is 7.47. The van der Waals surface area contributed by atoms with Crippen LogP contribution < -0.4 is 5.73 Å². The van der Waals surface area contributed by atoms with Crippen molar-refractivity contribution in [3.8, 4) is 0 Å². The van der Waals surface area contributed by atoms with Gasteiger partial charge in [-0.1, -0.05) is 127 Å². The maximum Gasteiger partial charge on any atom is 0.472 e. The Labute approximate surface area is 303 Å². The number of hydrogen-bond donors (Lipinski definition) is 3. The van der Waals surface area contributed by atoms with E-state index in [1.54, 1.807) is 6.08 Å². The fraction of sp³-hybridized carbons (Fsp3) is 0.744. The Kier molecular flexibility index (Phi) is 33.9. The third kappa shape index (κ3) is 34.4. The van der Waals surface area contributed by atoms with E-state index in [0.29, 0.717) is 19.3 Å². The Bertz CT molecular complexity index is 983. The Balaban J connectivity index is 4.34. The lowest BCUT2D eigenvalue weighted by Gasteiger charge is -2.19. The fourth-order valence-corrected chi connectivity index (χ4v) is 5.69. The molecule has 0 aliphatic rings. The molecule has 0 aliphatic carbocycles. The van der Waals surface area contributed by atoms with Crippen molar-refractivity contribution in [1.82, 2.24) is 0 Å². The lowest BCUT2D eigenvalue weighted by Crippen LogP contribution is -2.29. The normalized spacial score (nSPS) is 14.6. The molecule has 0 saturated heterocycles. The van der Waals surface area contributed by atoms with Gasteiger partial charge in [-0.05, 0) is 57.8 Å². The molecule has 290 valence electrons. The number of carbonyl (C=O) groups is 2. The maximum absolute atomic E-state index is 12.5. The summed E-state index contributed by atoms with van der Waals surface area (Å²) in [5.74, 6) is -0.920. The van der Waals surface area contributed by atoms with E-state index in [2.05, 4.69) is 38.2 Å². The number of esters is 2. The van der Waals surface area contributed by atoms with Gasteiger partial charge in [0, 0.05) is 19.4 Å². The molecule has 0 aromatic carbocycles. The molecule has 0 fully saturated rings. The Hall–Kier alpha value is -2.07. The van der Waals surface area contributed by atoms with Gasteiger partial charge in [0.15, 0.2) is 6.10 Å². The molecular weight excluding hydrogens is 657 g/mol. The Morgan fingerprint density at radius 2 is 1.34 bits per heavy atom. The molecule has 4 N–H and O–H groups in total. The Morgan fingerprint density at radius 1 is 0.720 bits per heavy atom. The number of phosphoric ester groups is 1. The van der Waals surface area contributed by atoms with Gasteiger partial charge in [-0.3, -0.25) is 18.6 Å². The van der Waals surface area contributed by atoms with E-state index in [1.165, 1.54) is 25.7 Å². The minimum atomic E-state index is -4.40. The summed E-state index contributed by atoms with van der Waals surface area (Å²) in [5.41, 5.74) is 5.32. The van der Waals surface area contributed by atoms with Gasteiger partial charge in [0.1, 0.15) is 6.61 Å². The molecule has 0 bridgehead atoms. The molecule has 10 nitrogen and oxygen atoms in total. The summed E-state index contributed by atoms with van der Waals surface area (Å²) in [6.45, 7) is 3.44. The predicted octanol–water partition coefficient (Wildman–Crippen LogP) is 9.35. The number of allylic oxidation sites excluding steroid dienone is 7. The quantitative estimate of drug-likeness (QED) is 0.0189. The zero-order valence-electron chi connectivity index (χ0n) is 31.2. The second-order valence-corrected chi connectivity index (χ2v) is 14.1. The average Bonchev–Trinajstić information content (AvgIpc) is 3.09. The van der Waals surface area contributed by atoms with E-state index in [1.807, 2.05) is 18.2 Å². The predicted molar refractivity (Wildman–Crippen MR) is 202 cm³/mol.